The largest absolute Gasteiger partial charge is 0.469 e. The predicted octanol–water partition coefficient (Wildman–Crippen LogP) is 3.37. The van der Waals surface area contributed by atoms with Gasteiger partial charge in [-0.05, 0) is 43.9 Å². The Hall–Kier alpha value is -1.32. The summed E-state index contributed by atoms with van der Waals surface area (Å²) in [5, 5.41) is -0.676. The van der Waals surface area contributed by atoms with Crippen molar-refractivity contribution in [1.29, 1.82) is 0 Å². The molecule has 25 heavy (non-hydrogen) atoms. The summed E-state index contributed by atoms with van der Waals surface area (Å²) in [5.41, 5.74) is -1.09. The van der Waals surface area contributed by atoms with Gasteiger partial charge in [-0.3, -0.25) is 4.79 Å². The maximum atomic E-state index is 12.7. The van der Waals surface area contributed by atoms with Crippen LogP contribution in [0.3, 0.4) is 0 Å². The monoisotopic (exact) mass is 399 g/mol. The van der Waals surface area contributed by atoms with Crippen molar-refractivity contribution in [2.75, 3.05) is 7.11 Å². The number of sulfonamides is 1. The molecular formula is C15H17ClF3NO4S. The van der Waals surface area contributed by atoms with Crippen molar-refractivity contribution in [2.24, 2.45) is 5.92 Å². The van der Waals surface area contributed by atoms with Gasteiger partial charge in [0, 0.05) is 6.04 Å². The van der Waals surface area contributed by atoms with Gasteiger partial charge in [0.25, 0.3) is 0 Å². The van der Waals surface area contributed by atoms with E-state index in [0.717, 1.165) is 12.1 Å². The number of nitrogens with one attached hydrogen (secondary N) is 1. The van der Waals surface area contributed by atoms with E-state index in [4.69, 9.17) is 11.6 Å². The zero-order valence-corrected chi connectivity index (χ0v) is 14.8. The van der Waals surface area contributed by atoms with Crippen LogP contribution in [0.5, 0.6) is 0 Å². The van der Waals surface area contributed by atoms with E-state index in [1.807, 2.05) is 0 Å². The fourth-order valence-corrected chi connectivity index (χ4v) is 4.48. The van der Waals surface area contributed by atoms with Crippen molar-refractivity contribution in [2.45, 2.75) is 42.8 Å². The summed E-state index contributed by atoms with van der Waals surface area (Å²) >= 11 is 5.57. The molecule has 0 unspecified atom stereocenters. The molecule has 0 bridgehead atoms. The summed E-state index contributed by atoms with van der Waals surface area (Å²) in [7, 11) is -2.71. The van der Waals surface area contributed by atoms with Crippen LogP contribution in [0, 0.1) is 5.92 Å². The first-order valence-corrected chi connectivity index (χ1v) is 9.37. The van der Waals surface area contributed by atoms with Crippen molar-refractivity contribution < 1.29 is 31.1 Å². The fraction of sp³-hybridized carbons (Fsp3) is 0.533. The summed E-state index contributed by atoms with van der Waals surface area (Å²) in [6.45, 7) is 0. The summed E-state index contributed by atoms with van der Waals surface area (Å²) in [6.07, 6.45) is -2.82. The molecule has 5 nitrogen and oxygen atoms in total. The van der Waals surface area contributed by atoms with Crippen molar-refractivity contribution in [3.8, 4) is 0 Å². The summed E-state index contributed by atoms with van der Waals surface area (Å²) in [5.74, 6) is -0.581. The Morgan fingerprint density at radius 1 is 1.24 bits per heavy atom. The molecular weight excluding hydrogens is 383 g/mol. The van der Waals surface area contributed by atoms with Crippen molar-refractivity contribution in [3.63, 3.8) is 0 Å². The molecule has 0 heterocycles. The quantitative estimate of drug-likeness (QED) is 0.788. The minimum Gasteiger partial charge on any atom is -0.469 e. The van der Waals surface area contributed by atoms with Crippen molar-refractivity contribution >= 4 is 27.6 Å². The highest BCUT2D eigenvalue weighted by atomic mass is 35.5. The number of rotatable bonds is 4. The highest BCUT2D eigenvalue weighted by Gasteiger charge is 2.34. The molecule has 0 spiro atoms. The Bertz CT molecular complexity index is 744. The molecule has 0 aromatic heterocycles. The molecule has 1 aliphatic rings. The van der Waals surface area contributed by atoms with Gasteiger partial charge < -0.3 is 4.74 Å². The van der Waals surface area contributed by atoms with E-state index in [1.165, 1.54) is 7.11 Å². The average Bonchev–Trinajstić information content (AvgIpc) is 2.53. The van der Waals surface area contributed by atoms with Gasteiger partial charge in [0.1, 0.15) is 0 Å². The molecule has 0 saturated heterocycles. The minimum atomic E-state index is -4.65. The van der Waals surface area contributed by atoms with Crippen LogP contribution in [0.2, 0.25) is 5.02 Å². The van der Waals surface area contributed by atoms with Crippen molar-refractivity contribution in [1.82, 2.24) is 4.72 Å². The Morgan fingerprint density at radius 3 is 2.32 bits per heavy atom. The average molecular weight is 400 g/mol. The lowest BCUT2D eigenvalue weighted by Gasteiger charge is -2.27. The molecule has 1 fully saturated rings. The second-order valence-corrected chi connectivity index (χ2v) is 7.95. The fourth-order valence-electron chi connectivity index (χ4n) is 2.79. The molecule has 10 heteroatoms. The molecule has 0 aliphatic heterocycles. The number of halogens is 4. The van der Waals surface area contributed by atoms with E-state index in [-0.39, 0.29) is 16.8 Å². The predicted molar refractivity (Wildman–Crippen MR) is 84.5 cm³/mol. The molecule has 0 atom stereocenters. The molecule has 1 aromatic rings. The van der Waals surface area contributed by atoms with Gasteiger partial charge in [0.15, 0.2) is 0 Å². The van der Waals surface area contributed by atoms with E-state index < -0.39 is 32.8 Å². The standard InChI is InChI=1S/C15H17ClF3NO4S/c1-24-14(21)9-2-4-10(5-3-9)20-25(22,23)11-6-7-12(13(16)8-11)15(17,18)19/h6-10,20H,2-5H2,1H3/t9-,10-. The summed E-state index contributed by atoms with van der Waals surface area (Å²) in [6, 6.07) is 1.90. The maximum Gasteiger partial charge on any atom is 0.417 e. The lowest BCUT2D eigenvalue weighted by molar-refractivity contribution is -0.146. The van der Waals surface area contributed by atoms with Crippen LogP contribution in [-0.4, -0.2) is 27.5 Å². The highest BCUT2D eigenvalue weighted by Crippen LogP contribution is 2.35. The van der Waals surface area contributed by atoms with Gasteiger partial charge in [-0.25, -0.2) is 13.1 Å². The number of carbonyl (C=O) groups is 1. The smallest absolute Gasteiger partial charge is 0.417 e. The van der Waals surface area contributed by atoms with E-state index in [0.29, 0.717) is 31.7 Å². The molecule has 1 aliphatic carbocycles. The summed E-state index contributed by atoms with van der Waals surface area (Å²) < 4.78 is 69.9. The van der Waals surface area contributed by atoms with Crippen LogP contribution in [0.15, 0.2) is 23.1 Å². The topological polar surface area (TPSA) is 72.5 Å². The van der Waals surface area contributed by atoms with E-state index in [1.54, 1.807) is 0 Å². The number of carbonyl (C=O) groups excluding carboxylic acids is 1. The molecule has 1 aromatic carbocycles. The van der Waals surface area contributed by atoms with E-state index in [2.05, 4.69) is 9.46 Å². The SMILES string of the molecule is COC(=O)[C@H]1CC[C@H](NS(=O)(=O)c2ccc(C(F)(F)F)c(Cl)c2)CC1. The summed E-state index contributed by atoms with van der Waals surface area (Å²) in [4.78, 5) is 11.1. The Balaban J connectivity index is 2.08. The molecule has 0 amide bonds. The van der Waals surface area contributed by atoms with E-state index >= 15 is 0 Å². The lowest BCUT2D eigenvalue weighted by atomic mass is 9.86. The van der Waals surface area contributed by atoms with Crippen molar-refractivity contribution in [3.05, 3.63) is 28.8 Å². The molecule has 1 saturated carbocycles. The third kappa shape index (κ3) is 4.86. The van der Waals surface area contributed by atoms with Crippen LogP contribution in [0.25, 0.3) is 0 Å². The normalized spacial score (nSPS) is 21.8. The number of methoxy groups -OCH3 is 1. The van der Waals surface area contributed by atoms with Crippen LogP contribution in [0.4, 0.5) is 13.2 Å². The van der Waals surface area contributed by atoms with Gasteiger partial charge in [0.05, 0.1) is 28.5 Å². The second-order valence-electron chi connectivity index (χ2n) is 5.83. The Kier molecular flexibility index (Phi) is 6.01. The minimum absolute atomic E-state index is 0.258. The first-order chi connectivity index (χ1) is 11.5. The van der Waals surface area contributed by atoms with Crippen LogP contribution < -0.4 is 4.72 Å². The molecule has 2 rings (SSSR count). The number of benzene rings is 1. The number of hydrogen-bond donors (Lipinski definition) is 1. The zero-order chi connectivity index (χ0) is 18.8. The van der Waals surface area contributed by atoms with Gasteiger partial charge in [-0.1, -0.05) is 11.6 Å². The number of ether oxygens (including phenoxy) is 1. The number of hydrogen-bond acceptors (Lipinski definition) is 4. The number of alkyl halides is 3. The Labute approximate surface area is 148 Å². The van der Waals surface area contributed by atoms with Gasteiger partial charge >= 0.3 is 12.1 Å². The van der Waals surface area contributed by atoms with Crippen LogP contribution in [-0.2, 0) is 25.7 Å². The van der Waals surface area contributed by atoms with E-state index in [9.17, 15) is 26.4 Å². The molecule has 0 radical (unpaired) electrons. The molecule has 140 valence electrons. The van der Waals surface area contributed by atoms with Gasteiger partial charge in [-0.15, -0.1) is 0 Å². The second kappa shape index (κ2) is 7.51. The number of esters is 1. The maximum absolute atomic E-state index is 12.7. The first kappa shape index (κ1) is 20.0. The van der Waals surface area contributed by atoms with Gasteiger partial charge in [-0.2, -0.15) is 13.2 Å². The Morgan fingerprint density at radius 2 is 1.84 bits per heavy atom. The lowest BCUT2D eigenvalue weighted by Crippen LogP contribution is -2.38. The first-order valence-electron chi connectivity index (χ1n) is 7.51. The zero-order valence-electron chi connectivity index (χ0n) is 13.3. The highest BCUT2D eigenvalue weighted by molar-refractivity contribution is 7.89. The third-order valence-corrected chi connectivity index (χ3v) is 5.97. The van der Waals surface area contributed by atoms with Gasteiger partial charge in [0.2, 0.25) is 10.0 Å². The third-order valence-electron chi connectivity index (χ3n) is 4.14. The van der Waals surface area contributed by atoms with Crippen LogP contribution in [0.1, 0.15) is 31.2 Å². The van der Waals surface area contributed by atoms with Crippen LogP contribution >= 0.6 is 11.6 Å². The molecule has 1 N–H and O–H groups in total.